The van der Waals surface area contributed by atoms with Gasteiger partial charge in [0.05, 0.1) is 17.8 Å². The molecular formula is C25H25N5O3. The van der Waals surface area contributed by atoms with Crippen LogP contribution < -0.4 is 10.1 Å². The van der Waals surface area contributed by atoms with E-state index in [4.69, 9.17) is 9.84 Å². The number of aliphatic hydroxyl groups is 1. The Morgan fingerprint density at radius 3 is 2.85 bits per heavy atom. The van der Waals surface area contributed by atoms with Crippen LogP contribution >= 0.6 is 0 Å². The van der Waals surface area contributed by atoms with Crippen LogP contribution in [0, 0.1) is 25.2 Å². The third-order valence-corrected chi connectivity index (χ3v) is 5.74. The summed E-state index contributed by atoms with van der Waals surface area (Å²) < 4.78 is 5.99. The molecule has 4 rings (SSSR count). The lowest BCUT2D eigenvalue weighted by molar-refractivity contribution is -0.133. The highest BCUT2D eigenvalue weighted by atomic mass is 16.5. The second-order valence-electron chi connectivity index (χ2n) is 8.04. The van der Waals surface area contributed by atoms with Gasteiger partial charge in [-0.2, -0.15) is 5.26 Å². The van der Waals surface area contributed by atoms with Crippen molar-refractivity contribution in [3.63, 3.8) is 0 Å². The van der Waals surface area contributed by atoms with Gasteiger partial charge >= 0.3 is 0 Å². The van der Waals surface area contributed by atoms with E-state index in [0.717, 1.165) is 11.3 Å². The van der Waals surface area contributed by atoms with Gasteiger partial charge in [-0.25, -0.2) is 9.97 Å². The zero-order chi connectivity index (χ0) is 23.4. The fourth-order valence-corrected chi connectivity index (χ4v) is 3.74. The van der Waals surface area contributed by atoms with Gasteiger partial charge in [0.25, 0.3) is 0 Å². The van der Waals surface area contributed by atoms with E-state index in [1.54, 1.807) is 29.3 Å². The van der Waals surface area contributed by atoms with Gasteiger partial charge in [0, 0.05) is 30.4 Å². The van der Waals surface area contributed by atoms with Crippen molar-refractivity contribution in [1.29, 1.82) is 5.26 Å². The molecule has 0 spiro atoms. The standard InChI is InChI=1S/C25H25N5O3/c1-16-3-5-20(11-17(16)2)28-25-27-9-7-22(29-25)18-4-6-23(19(12-18)13-26)33-21-8-10-30(14-21)24(32)15-31/h3-7,9,11-12,21,31H,8,10,14-15H2,1-2H3,(H,27,28,29)/t21-/m1/s1. The molecule has 0 bridgehead atoms. The Bertz CT molecular complexity index is 1220. The molecule has 1 atom stereocenters. The number of carbonyl (C=O) groups excluding carboxylic acids is 1. The summed E-state index contributed by atoms with van der Waals surface area (Å²) >= 11 is 0. The Kier molecular flexibility index (Phi) is 6.52. The van der Waals surface area contributed by atoms with E-state index >= 15 is 0 Å². The molecule has 1 fully saturated rings. The topological polar surface area (TPSA) is 111 Å². The van der Waals surface area contributed by atoms with Gasteiger partial charge in [0.2, 0.25) is 11.9 Å². The number of nitrogens with one attached hydrogen (secondary N) is 1. The molecule has 0 radical (unpaired) electrons. The number of anilines is 2. The quantitative estimate of drug-likeness (QED) is 0.601. The Labute approximate surface area is 192 Å². The van der Waals surface area contributed by atoms with Crippen molar-refractivity contribution in [2.24, 2.45) is 0 Å². The Balaban J connectivity index is 1.51. The van der Waals surface area contributed by atoms with Crippen LogP contribution in [0.15, 0.2) is 48.7 Å². The number of carbonyl (C=O) groups is 1. The average molecular weight is 444 g/mol. The molecule has 2 heterocycles. The lowest BCUT2D eigenvalue weighted by atomic mass is 10.1. The van der Waals surface area contributed by atoms with E-state index in [9.17, 15) is 10.1 Å². The predicted octanol–water partition coefficient (Wildman–Crippen LogP) is 3.35. The molecule has 0 aliphatic carbocycles. The molecule has 168 valence electrons. The van der Waals surface area contributed by atoms with Gasteiger partial charge in [0.15, 0.2) is 0 Å². The maximum atomic E-state index is 11.7. The highest BCUT2D eigenvalue weighted by Gasteiger charge is 2.27. The summed E-state index contributed by atoms with van der Waals surface area (Å²) in [4.78, 5) is 22.1. The van der Waals surface area contributed by atoms with Crippen LogP contribution in [0.3, 0.4) is 0 Å². The predicted molar refractivity (Wildman–Crippen MR) is 124 cm³/mol. The van der Waals surface area contributed by atoms with E-state index in [-0.39, 0.29) is 12.0 Å². The summed E-state index contributed by atoms with van der Waals surface area (Å²) in [5.41, 5.74) is 5.14. The monoisotopic (exact) mass is 443 g/mol. The van der Waals surface area contributed by atoms with Gasteiger partial charge in [-0.1, -0.05) is 6.07 Å². The lowest BCUT2D eigenvalue weighted by Crippen LogP contribution is -2.32. The molecule has 0 unspecified atom stereocenters. The number of aromatic nitrogens is 2. The van der Waals surface area contributed by atoms with Crippen LogP contribution in [0.4, 0.5) is 11.6 Å². The van der Waals surface area contributed by atoms with E-state index < -0.39 is 6.61 Å². The Hall–Kier alpha value is -3.96. The minimum Gasteiger partial charge on any atom is -0.487 e. The van der Waals surface area contributed by atoms with Gasteiger partial charge < -0.3 is 20.1 Å². The van der Waals surface area contributed by atoms with Crippen molar-refractivity contribution in [2.45, 2.75) is 26.4 Å². The highest BCUT2D eigenvalue weighted by Crippen LogP contribution is 2.28. The molecule has 8 nitrogen and oxygen atoms in total. The van der Waals surface area contributed by atoms with Crippen molar-refractivity contribution < 1.29 is 14.6 Å². The summed E-state index contributed by atoms with van der Waals surface area (Å²) in [5, 5.41) is 21.9. The zero-order valence-electron chi connectivity index (χ0n) is 18.6. The van der Waals surface area contributed by atoms with Gasteiger partial charge in [-0.05, 0) is 61.4 Å². The third-order valence-electron chi connectivity index (χ3n) is 5.74. The molecule has 33 heavy (non-hydrogen) atoms. The number of hydrogen-bond donors (Lipinski definition) is 2. The summed E-state index contributed by atoms with van der Waals surface area (Å²) in [6, 6.07) is 15.4. The number of aryl methyl sites for hydroxylation is 2. The smallest absolute Gasteiger partial charge is 0.248 e. The number of rotatable bonds is 6. The molecular weight excluding hydrogens is 418 g/mol. The maximum absolute atomic E-state index is 11.7. The van der Waals surface area contributed by atoms with E-state index in [1.807, 2.05) is 24.3 Å². The molecule has 1 aliphatic heterocycles. The first-order valence-electron chi connectivity index (χ1n) is 10.7. The normalized spacial score (nSPS) is 15.2. The molecule has 2 N–H and O–H groups in total. The summed E-state index contributed by atoms with van der Waals surface area (Å²) in [6.07, 6.45) is 2.11. The first kappa shape index (κ1) is 22.2. The summed E-state index contributed by atoms with van der Waals surface area (Å²) in [6.45, 7) is 4.53. The van der Waals surface area contributed by atoms with Crippen LogP contribution in [0.1, 0.15) is 23.1 Å². The molecule has 1 aliphatic rings. The van der Waals surface area contributed by atoms with E-state index in [2.05, 4.69) is 35.2 Å². The first-order valence-corrected chi connectivity index (χ1v) is 10.7. The van der Waals surface area contributed by atoms with Crippen LogP contribution in [-0.4, -0.2) is 51.7 Å². The molecule has 1 aromatic heterocycles. The summed E-state index contributed by atoms with van der Waals surface area (Å²) in [5.74, 6) is 0.618. The molecule has 1 saturated heterocycles. The average Bonchev–Trinajstić information content (AvgIpc) is 3.30. The highest BCUT2D eigenvalue weighted by molar-refractivity contribution is 5.77. The number of nitriles is 1. The zero-order valence-corrected chi connectivity index (χ0v) is 18.6. The second-order valence-corrected chi connectivity index (χ2v) is 8.04. The third kappa shape index (κ3) is 5.10. The van der Waals surface area contributed by atoms with Crippen molar-refractivity contribution >= 4 is 17.5 Å². The number of benzene rings is 2. The molecule has 3 aromatic rings. The number of likely N-dealkylation sites (tertiary alicyclic amines) is 1. The van der Waals surface area contributed by atoms with Crippen molar-refractivity contribution in [3.05, 3.63) is 65.4 Å². The largest absolute Gasteiger partial charge is 0.487 e. The molecule has 0 saturated carbocycles. The van der Waals surface area contributed by atoms with Crippen LogP contribution in [0.2, 0.25) is 0 Å². The number of hydrogen-bond acceptors (Lipinski definition) is 7. The maximum Gasteiger partial charge on any atom is 0.248 e. The van der Waals surface area contributed by atoms with Crippen molar-refractivity contribution in [2.75, 3.05) is 25.0 Å². The van der Waals surface area contributed by atoms with Gasteiger partial charge in [0.1, 0.15) is 24.5 Å². The molecule has 8 heteroatoms. The summed E-state index contributed by atoms with van der Waals surface area (Å²) in [7, 11) is 0. The number of nitrogens with zero attached hydrogens (tertiary/aromatic N) is 4. The number of aliphatic hydroxyl groups excluding tert-OH is 1. The van der Waals surface area contributed by atoms with E-state index in [1.165, 1.54) is 11.1 Å². The SMILES string of the molecule is Cc1ccc(Nc2nccc(-c3ccc(O[C@@H]4CCN(C(=O)CO)C4)c(C#N)c3)n2)cc1C. The fourth-order valence-electron chi connectivity index (χ4n) is 3.74. The minimum absolute atomic E-state index is 0.216. The van der Waals surface area contributed by atoms with Gasteiger partial charge in [-0.3, -0.25) is 4.79 Å². The van der Waals surface area contributed by atoms with Crippen LogP contribution in [0.25, 0.3) is 11.3 Å². The van der Waals surface area contributed by atoms with Crippen molar-refractivity contribution in [1.82, 2.24) is 14.9 Å². The molecule has 1 amide bonds. The van der Waals surface area contributed by atoms with Crippen LogP contribution in [-0.2, 0) is 4.79 Å². The minimum atomic E-state index is -0.510. The second kappa shape index (κ2) is 9.67. The van der Waals surface area contributed by atoms with Crippen molar-refractivity contribution in [3.8, 4) is 23.1 Å². The molecule has 2 aromatic carbocycles. The Morgan fingerprint density at radius 1 is 1.24 bits per heavy atom. The number of amides is 1. The van der Waals surface area contributed by atoms with Crippen LogP contribution in [0.5, 0.6) is 5.75 Å². The van der Waals surface area contributed by atoms with E-state index in [0.29, 0.717) is 42.5 Å². The number of ether oxygens (including phenoxy) is 1. The fraction of sp³-hybridized carbons (Fsp3) is 0.280. The van der Waals surface area contributed by atoms with Gasteiger partial charge in [-0.15, -0.1) is 0 Å². The lowest BCUT2D eigenvalue weighted by Gasteiger charge is -2.17. The first-order chi connectivity index (χ1) is 16.0. The Morgan fingerprint density at radius 2 is 2.09 bits per heavy atom.